The molecule has 0 fully saturated rings. The highest BCUT2D eigenvalue weighted by Gasteiger charge is 2.11. The van der Waals surface area contributed by atoms with Crippen LogP contribution in [-0.4, -0.2) is 28.0 Å². The molecule has 1 unspecified atom stereocenters. The maximum absolute atomic E-state index is 11.9. The largest absolute Gasteiger partial charge is 0.357 e. The fourth-order valence-electron chi connectivity index (χ4n) is 2.45. The number of guanidine groups is 1. The van der Waals surface area contributed by atoms with E-state index in [0.29, 0.717) is 12.5 Å². The Labute approximate surface area is 178 Å². The SMILES string of the molecule is CCNC(=NCc1cccc(S(=O)(=O)NC)c1)NC(C)c1ccccc1.I. The van der Waals surface area contributed by atoms with Gasteiger partial charge in [0.2, 0.25) is 10.0 Å². The molecule has 1 atom stereocenters. The molecule has 2 rings (SSSR count). The molecule has 0 aliphatic carbocycles. The van der Waals surface area contributed by atoms with Gasteiger partial charge in [-0.05, 0) is 44.2 Å². The number of nitrogens with one attached hydrogen (secondary N) is 3. The summed E-state index contributed by atoms with van der Waals surface area (Å²) >= 11 is 0. The van der Waals surface area contributed by atoms with Crippen molar-refractivity contribution < 1.29 is 8.42 Å². The summed E-state index contributed by atoms with van der Waals surface area (Å²) in [5, 5.41) is 6.59. The van der Waals surface area contributed by atoms with Crippen LogP contribution in [-0.2, 0) is 16.6 Å². The van der Waals surface area contributed by atoms with E-state index in [0.717, 1.165) is 12.1 Å². The molecular formula is C19H27IN4O2S. The van der Waals surface area contributed by atoms with Crippen LogP contribution in [0.3, 0.4) is 0 Å². The van der Waals surface area contributed by atoms with Crippen LogP contribution >= 0.6 is 24.0 Å². The number of rotatable bonds is 7. The van der Waals surface area contributed by atoms with Crippen LogP contribution in [0, 0.1) is 0 Å². The zero-order chi connectivity index (χ0) is 19.0. The van der Waals surface area contributed by atoms with Crippen molar-refractivity contribution in [1.29, 1.82) is 0 Å². The quantitative estimate of drug-likeness (QED) is 0.309. The summed E-state index contributed by atoms with van der Waals surface area (Å²) in [7, 11) is -2.05. The summed E-state index contributed by atoms with van der Waals surface area (Å²) in [5.74, 6) is 0.686. The van der Waals surface area contributed by atoms with Gasteiger partial charge in [-0.25, -0.2) is 18.1 Å². The molecule has 0 spiro atoms. The molecule has 0 aliphatic heterocycles. The summed E-state index contributed by atoms with van der Waals surface area (Å²) in [4.78, 5) is 4.82. The van der Waals surface area contributed by atoms with E-state index in [-0.39, 0.29) is 34.9 Å². The van der Waals surface area contributed by atoms with E-state index in [4.69, 9.17) is 0 Å². The monoisotopic (exact) mass is 502 g/mol. The lowest BCUT2D eigenvalue weighted by atomic mass is 10.1. The lowest BCUT2D eigenvalue weighted by Gasteiger charge is -2.18. The first-order chi connectivity index (χ1) is 12.5. The fourth-order valence-corrected chi connectivity index (χ4v) is 3.25. The highest BCUT2D eigenvalue weighted by atomic mass is 127. The van der Waals surface area contributed by atoms with Gasteiger partial charge >= 0.3 is 0 Å². The van der Waals surface area contributed by atoms with Crippen molar-refractivity contribution in [3.05, 3.63) is 65.7 Å². The summed E-state index contributed by atoms with van der Waals surface area (Å²) in [6.07, 6.45) is 0. The first-order valence-electron chi connectivity index (χ1n) is 8.58. The van der Waals surface area contributed by atoms with Crippen molar-refractivity contribution in [2.75, 3.05) is 13.6 Å². The van der Waals surface area contributed by atoms with E-state index in [1.165, 1.54) is 12.6 Å². The molecule has 0 saturated heterocycles. The van der Waals surface area contributed by atoms with Crippen molar-refractivity contribution in [1.82, 2.24) is 15.4 Å². The minimum atomic E-state index is -3.45. The van der Waals surface area contributed by atoms with Crippen LogP contribution in [0.5, 0.6) is 0 Å². The van der Waals surface area contributed by atoms with Crippen LogP contribution < -0.4 is 15.4 Å². The predicted octanol–water partition coefficient (Wildman–Crippen LogP) is 3.03. The van der Waals surface area contributed by atoms with Crippen molar-refractivity contribution in [3.8, 4) is 0 Å². The maximum Gasteiger partial charge on any atom is 0.240 e. The Hall–Kier alpha value is -1.65. The molecule has 0 radical (unpaired) electrons. The Bertz CT molecular complexity index is 842. The maximum atomic E-state index is 11.9. The number of benzene rings is 2. The molecule has 148 valence electrons. The molecule has 8 heteroatoms. The molecule has 0 amide bonds. The molecule has 0 aliphatic rings. The average Bonchev–Trinajstić information content (AvgIpc) is 2.67. The number of nitrogens with zero attached hydrogens (tertiary/aromatic N) is 1. The number of hydrogen-bond acceptors (Lipinski definition) is 3. The zero-order valence-corrected chi connectivity index (χ0v) is 18.9. The highest BCUT2D eigenvalue weighted by Crippen LogP contribution is 2.13. The van der Waals surface area contributed by atoms with Gasteiger partial charge in [0.1, 0.15) is 0 Å². The highest BCUT2D eigenvalue weighted by molar-refractivity contribution is 14.0. The van der Waals surface area contributed by atoms with E-state index in [1.54, 1.807) is 18.2 Å². The molecule has 0 aromatic heterocycles. The van der Waals surface area contributed by atoms with Crippen LogP contribution in [0.1, 0.15) is 31.0 Å². The second kappa shape index (κ2) is 11.3. The first kappa shape index (κ1) is 23.4. The van der Waals surface area contributed by atoms with E-state index in [2.05, 4.69) is 39.4 Å². The Balaban J connectivity index is 0.00000364. The van der Waals surface area contributed by atoms with Gasteiger partial charge in [0.15, 0.2) is 5.96 Å². The number of aliphatic imine (C=N–C) groups is 1. The lowest BCUT2D eigenvalue weighted by molar-refractivity contribution is 0.588. The third-order valence-corrected chi connectivity index (χ3v) is 5.31. The van der Waals surface area contributed by atoms with Gasteiger partial charge in [-0.15, -0.1) is 24.0 Å². The summed E-state index contributed by atoms with van der Waals surface area (Å²) in [6.45, 7) is 5.19. The Kier molecular flexibility index (Phi) is 9.75. The zero-order valence-electron chi connectivity index (χ0n) is 15.8. The van der Waals surface area contributed by atoms with E-state index < -0.39 is 10.0 Å². The Morgan fingerprint density at radius 2 is 1.81 bits per heavy atom. The summed E-state index contributed by atoms with van der Waals surface area (Å²) in [5.41, 5.74) is 1.99. The van der Waals surface area contributed by atoms with E-state index >= 15 is 0 Å². The van der Waals surface area contributed by atoms with Gasteiger partial charge in [0.25, 0.3) is 0 Å². The standard InChI is InChI=1S/C19H26N4O2S.HI/c1-4-21-19(23-15(2)17-10-6-5-7-11-17)22-14-16-9-8-12-18(13-16)26(24,25)20-3;/h5-13,15,20H,4,14H2,1-3H3,(H2,21,22,23);1H. The molecule has 3 N–H and O–H groups in total. The summed E-state index contributed by atoms with van der Waals surface area (Å²) in [6, 6.07) is 17.0. The molecular weight excluding hydrogens is 475 g/mol. The van der Waals surface area contributed by atoms with Crippen LogP contribution in [0.4, 0.5) is 0 Å². The second-order valence-corrected chi connectivity index (χ2v) is 7.71. The first-order valence-corrected chi connectivity index (χ1v) is 10.1. The minimum Gasteiger partial charge on any atom is -0.357 e. The Morgan fingerprint density at radius 3 is 2.44 bits per heavy atom. The topological polar surface area (TPSA) is 82.6 Å². The molecule has 0 saturated carbocycles. The molecule has 2 aromatic rings. The van der Waals surface area contributed by atoms with Crippen molar-refractivity contribution >= 4 is 40.0 Å². The van der Waals surface area contributed by atoms with Crippen LogP contribution in [0.2, 0.25) is 0 Å². The Morgan fingerprint density at radius 1 is 1.11 bits per heavy atom. The molecule has 27 heavy (non-hydrogen) atoms. The predicted molar refractivity (Wildman–Crippen MR) is 121 cm³/mol. The second-order valence-electron chi connectivity index (χ2n) is 5.83. The van der Waals surface area contributed by atoms with Crippen molar-refractivity contribution in [2.24, 2.45) is 4.99 Å². The smallest absolute Gasteiger partial charge is 0.240 e. The van der Waals surface area contributed by atoms with E-state index in [9.17, 15) is 8.42 Å². The molecule has 6 nitrogen and oxygen atoms in total. The van der Waals surface area contributed by atoms with Gasteiger partial charge in [-0.2, -0.15) is 0 Å². The fraction of sp³-hybridized carbons (Fsp3) is 0.316. The number of sulfonamides is 1. The van der Waals surface area contributed by atoms with E-state index in [1.807, 2.05) is 31.2 Å². The number of halogens is 1. The van der Waals surface area contributed by atoms with Gasteiger partial charge < -0.3 is 10.6 Å². The molecule has 0 bridgehead atoms. The minimum absolute atomic E-state index is 0. The normalized spacial score (nSPS) is 12.8. The molecule has 0 heterocycles. The van der Waals surface area contributed by atoms with Gasteiger partial charge in [0.05, 0.1) is 17.5 Å². The van der Waals surface area contributed by atoms with Crippen LogP contribution in [0.15, 0.2) is 64.5 Å². The summed E-state index contributed by atoms with van der Waals surface area (Å²) < 4.78 is 26.2. The third kappa shape index (κ3) is 7.11. The van der Waals surface area contributed by atoms with Gasteiger partial charge in [-0.1, -0.05) is 42.5 Å². The van der Waals surface area contributed by atoms with Crippen molar-refractivity contribution in [2.45, 2.75) is 31.3 Å². The lowest BCUT2D eigenvalue weighted by Crippen LogP contribution is -2.38. The number of hydrogen-bond donors (Lipinski definition) is 3. The van der Waals surface area contributed by atoms with Crippen molar-refractivity contribution in [3.63, 3.8) is 0 Å². The third-order valence-electron chi connectivity index (χ3n) is 3.89. The average molecular weight is 502 g/mol. The van der Waals surface area contributed by atoms with Crippen LogP contribution in [0.25, 0.3) is 0 Å². The van der Waals surface area contributed by atoms with Gasteiger partial charge in [0, 0.05) is 6.54 Å². The molecule has 2 aromatic carbocycles. The van der Waals surface area contributed by atoms with Gasteiger partial charge in [-0.3, -0.25) is 0 Å².